The van der Waals surface area contributed by atoms with Crippen LogP contribution in [0.4, 0.5) is 5.69 Å². The van der Waals surface area contributed by atoms with Crippen molar-refractivity contribution in [2.24, 2.45) is 4.99 Å². The summed E-state index contributed by atoms with van der Waals surface area (Å²) in [5.41, 5.74) is 4.04. The largest absolute Gasteiger partial charge is 0.367 e. The molecule has 160 valence electrons. The van der Waals surface area contributed by atoms with Gasteiger partial charge in [-0.15, -0.1) is 0 Å². The van der Waals surface area contributed by atoms with Gasteiger partial charge in [-0.2, -0.15) is 5.26 Å². The lowest BCUT2D eigenvalue weighted by atomic mass is 10.0. The summed E-state index contributed by atoms with van der Waals surface area (Å²) in [5.74, 6) is 0.107. The molecular weight excluding hydrogens is 402 g/mol. The molecule has 1 saturated heterocycles. The summed E-state index contributed by atoms with van der Waals surface area (Å²) in [7, 11) is 0. The SMILES string of the molecule is N#CN1C=NC=C(c2ccccc2N2CCN(C(=O)Cn3ccc4cccnc43)CC2)C1. The maximum Gasteiger partial charge on any atom is 0.242 e. The number of rotatable bonds is 4. The highest BCUT2D eigenvalue weighted by Gasteiger charge is 2.24. The van der Waals surface area contributed by atoms with Crippen molar-refractivity contribution in [1.82, 2.24) is 19.4 Å². The second-order valence-electron chi connectivity index (χ2n) is 7.89. The van der Waals surface area contributed by atoms with Gasteiger partial charge in [-0.05, 0) is 24.3 Å². The molecule has 8 nitrogen and oxygen atoms in total. The van der Waals surface area contributed by atoms with E-state index in [2.05, 4.69) is 33.2 Å². The second kappa shape index (κ2) is 8.55. The predicted molar refractivity (Wildman–Crippen MR) is 124 cm³/mol. The summed E-state index contributed by atoms with van der Waals surface area (Å²) in [6.07, 6.45) is 9.17. The van der Waals surface area contributed by atoms with Crippen LogP contribution in [-0.2, 0) is 11.3 Å². The average Bonchev–Trinajstić information content (AvgIpc) is 3.27. The average molecular weight is 425 g/mol. The number of pyridine rings is 1. The molecule has 0 saturated carbocycles. The van der Waals surface area contributed by atoms with Crippen LogP contribution < -0.4 is 4.90 Å². The second-order valence-corrected chi connectivity index (χ2v) is 7.89. The molecule has 0 aliphatic carbocycles. The number of carbonyl (C=O) groups excluding carboxylic acids is 1. The molecule has 0 spiro atoms. The topological polar surface area (TPSA) is 80.8 Å². The molecular formula is C24H23N7O. The Kier molecular flexibility index (Phi) is 5.30. The van der Waals surface area contributed by atoms with Gasteiger partial charge in [-0.1, -0.05) is 18.2 Å². The van der Waals surface area contributed by atoms with Crippen molar-refractivity contribution < 1.29 is 4.79 Å². The van der Waals surface area contributed by atoms with Crippen molar-refractivity contribution in [3.05, 3.63) is 66.6 Å². The fourth-order valence-electron chi connectivity index (χ4n) is 4.30. The molecule has 2 aliphatic heterocycles. The van der Waals surface area contributed by atoms with E-state index in [9.17, 15) is 10.1 Å². The summed E-state index contributed by atoms with van der Waals surface area (Å²) < 4.78 is 1.91. The first-order valence-electron chi connectivity index (χ1n) is 10.6. The van der Waals surface area contributed by atoms with Crippen LogP contribution in [0.1, 0.15) is 5.56 Å². The summed E-state index contributed by atoms with van der Waals surface area (Å²) in [5, 5.41) is 10.2. The number of carbonyl (C=O) groups is 1. The van der Waals surface area contributed by atoms with Crippen LogP contribution in [0, 0.1) is 11.5 Å². The van der Waals surface area contributed by atoms with E-state index in [4.69, 9.17) is 0 Å². The lowest BCUT2D eigenvalue weighted by Gasteiger charge is -2.37. The number of aliphatic imine (C=N–C) groups is 1. The lowest BCUT2D eigenvalue weighted by molar-refractivity contribution is -0.132. The van der Waals surface area contributed by atoms with Crippen LogP contribution in [0.15, 0.2) is 66.1 Å². The van der Waals surface area contributed by atoms with Gasteiger partial charge < -0.3 is 14.4 Å². The van der Waals surface area contributed by atoms with Crippen LogP contribution in [-0.4, -0.2) is 64.3 Å². The number of nitriles is 1. The van der Waals surface area contributed by atoms with Crippen molar-refractivity contribution in [1.29, 1.82) is 5.26 Å². The van der Waals surface area contributed by atoms with E-state index >= 15 is 0 Å². The zero-order chi connectivity index (χ0) is 21.9. The Bertz CT molecular complexity index is 1240. The van der Waals surface area contributed by atoms with Gasteiger partial charge in [-0.3, -0.25) is 9.69 Å². The van der Waals surface area contributed by atoms with Gasteiger partial charge in [-0.25, -0.2) is 9.98 Å². The van der Waals surface area contributed by atoms with Gasteiger partial charge in [0.25, 0.3) is 0 Å². The Morgan fingerprint density at radius 3 is 2.75 bits per heavy atom. The Morgan fingerprint density at radius 2 is 1.91 bits per heavy atom. The standard InChI is InChI=1S/C24H23N7O/c25-17-28-15-20(14-26-18-28)21-5-1-2-6-22(21)29-10-12-30(13-11-29)23(32)16-31-9-7-19-4-3-8-27-24(19)31/h1-9,14,18H,10-13,15-16H2. The first kappa shape index (κ1) is 19.8. The molecule has 0 bridgehead atoms. The molecule has 0 N–H and O–H groups in total. The molecule has 2 aliphatic rings. The van der Waals surface area contributed by atoms with Crippen molar-refractivity contribution in [3.63, 3.8) is 0 Å². The zero-order valence-corrected chi connectivity index (χ0v) is 17.6. The van der Waals surface area contributed by atoms with Gasteiger partial charge in [0.15, 0.2) is 6.19 Å². The minimum absolute atomic E-state index is 0.107. The number of anilines is 1. The molecule has 5 rings (SSSR count). The fraction of sp³-hybridized carbons (Fsp3) is 0.250. The van der Waals surface area contributed by atoms with Gasteiger partial charge >= 0.3 is 0 Å². The van der Waals surface area contributed by atoms with Gasteiger partial charge in [0.1, 0.15) is 18.5 Å². The van der Waals surface area contributed by atoms with Crippen molar-refractivity contribution in [2.75, 3.05) is 37.6 Å². The third-order valence-electron chi connectivity index (χ3n) is 5.96. The smallest absolute Gasteiger partial charge is 0.242 e. The third-order valence-corrected chi connectivity index (χ3v) is 5.96. The van der Waals surface area contributed by atoms with Crippen LogP contribution in [0.5, 0.6) is 0 Å². The monoisotopic (exact) mass is 425 g/mol. The molecule has 32 heavy (non-hydrogen) atoms. The molecule has 0 unspecified atom stereocenters. The molecule has 3 aromatic rings. The van der Waals surface area contributed by atoms with E-state index in [1.54, 1.807) is 12.5 Å². The van der Waals surface area contributed by atoms with Gasteiger partial charge in [0.05, 0.1) is 6.54 Å². The Hall–Kier alpha value is -4.12. The highest BCUT2D eigenvalue weighted by molar-refractivity contribution is 5.83. The number of piperazine rings is 1. The minimum atomic E-state index is 0.107. The zero-order valence-electron chi connectivity index (χ0n) is 17.6. The van der Waals surface area contributed by atoms with Crippen molar-refractivity contribution >= 4 is 34.5 Å². The summed E-state index contributed by atoms with van der Waals surface area (Å²) in [6, 6.07) is 14.1. The number of nitrogens with zero attached hydrogens (tertiary/aromatic N) is 7. The fourth-order valence-corrected chi connectivity index (χ4v) is 4.30. The Labute approximate surface area is 186 Å². The maximum atomic E-state index is 12.9. The van der Waals surface area contributed by atoms with E-state index in [1.165, 1.54) is 4.90 Å². The number of para-hydroxylation sites is 1. The number of benzene rings is 1. The van der Waals surface area contributed by atoms with Crippen LogP contribution in [0.25, 0.3) is 16.6 Å². The molecule has 2 aromatic heterocycles. The van der Waals surface area contributed by atoms with E-state index < -0.39 is 0 Å². The van der Waals surface area contributed by atoms with Crippen LogP contribution in [0.2, 0.25) is 0 Å². The van der Waals surface area contributed by atoms with E-state index in [0.717, 1.165) is 40.9 Å². The van der Waals surface area contributed by atoms with E-state index in [-0.39, 0.29) is 5.91 Å². The molecule has 0 atom stereocenters. The molecule has 1 amide bonds. The quantitative estimate of drug-likeness (QED) is 0.600. The maximum absolute atomic E-state index is 12.9. The summed E-state index contributed by atoms with van der Waals surface area (Å²) >= 11 is 0. The Balaban J connectivity index is 1.26. The van der Waals surface area contributed by atoms with E-state index in [1.807, 2.05) is 52.2 Å². The van der Waals surface area contributed by atoms with Crippen LogP contribution in [0.3, 0.4) is 0 Å². The van der Waals surface area contributed by atoms with Gasteiger partial charge in [0, 0.05) is 67.0 Å². The van der Waals surface area contributed by atoms with Crippen molar-refractivity contribution in [2.45, 2.75) is 6.54 Å². The molecule has 1 aromatic carbocycles. The number of amides is 1. The number of fused-ring (bicyclic) bond motifs is 1. The first-order chi connectivity index (χ1) is 15.7. The van der Waals surface area contributed by atoms with Gasteiger partial charge in [0.2, 0.25) is 5.91 Å². The Morgan fingerprint density at radius 1 is 1.06 bits per heavy atom. The first-order valence-corrected chi connectivity index (χ1v) is 10.6. The molecule has 0 radical (unpaired) electrons. The molecule has 8 heteroatoms. The lowest BCUT2D eigenvalue weighted by Crippen LogP contribution is -2.49. The van der Waals surface area contributed by atoms with Crippen LogP contribution >= 0.6 is 0 Å². The third kappa shape index (κ3) is 3.81. The minimum Gasteiger partial charge on any atom is -0.367 e. The van der Waals surface area contributed by atoms with Crippen molar-refractivity contribution in [3.8, 4) is 6.19 Å². The number of aromatic nitrogens is 2. The molecule has 1 fully saturated rings. The summed E-state index contributed by atoms with van der Waals surface area (Å²) in [6.45, 7) is 3.65. The number of hydrogen-bond acceptors (Lipinski definition) is 6. The predicted octanol–water partition coefficient (Wildman–Crippen LogP) is 2.55. The highest BCUT2D eigenvalue weighted by Crippen LogP contribution is 2.29. The van der Waals surface area contributed by atoms with E-state index in [0.29, 0.717) is 26.2 Å². The molecule has 4 heterocycles. The highest BCUT2D eigenvalue weighted by atomic mass is 16.2. The normalized spacial score (nSPS) is 16.2. The summed E-state index contributed by atoms with van der Waals surface area (Å²) in [4.78, 5) is 27.3. The number of hydrogen-bond donors (Lipinski definition) is 0.